The van der Waals surface area contributed by atoms with E-state index >= 15 is 0 Å². The van der Waals surface area contributed by atoms with Gasteiger partial charge in [-0.2, -0.15) is 0 Å². The molecule has 0 radical (unpaired) electrons. The van der Waals surface area contributed by atoms with Crippen LogP contribution < -0.4 is 0 Å². The molecule has 82 valence electrons. The highest BCUT2D eigenvalue weighted by Gasteiger charge is 2.23. The van der Waals surface area contributed by atoms with E-state index in [1.807, 2.05) is 0 Å². The van der Waals surface area contributed by atoms with Gasteiger partial charge in [-0.3, -0.25) is 0 Å². The second kappa shape index (κ2) is 4.27. The molecule has 15 heavy (non-hydrogen) atoms. The number of halogens is 2. The molecule has 1 aliphatic carbocycles. The minimum Gasteiger partial charge on any atom is -0.393 e. The lowest BCUT2D eigenvalue weighted by molar-refractivity contribution is 0.122. The van der Waals surface area contributed by atoms with Gasteiger partial charge in [0.05, 0.1) is 6.10 Å². The molecule has 2 rings (SSSR count). The fourth-order valence-electron chi connectivity index (χ4n) is 2.22. The highest BCUT2D eigenvalue weighted by molar-refractivity contribution is 5.23. The number of hydrogen-bond acceptors (Lipinski definition) is 1. The molecule has 1 aliphatic rings. The van der Waals surface area contributed by atoms with Gasteiger partial charge in [0.25, 0.3) is 0 Å². The summed E-state index contributed by atoms with van der Waals surface area (Å²) in [7, 11) is 0. The number of hydrogen-bond donors (Lipinski definition) is 1. The predicted molar refractivity (Wildman–Crippen MR) is 53.6 cm³/mol. The smallest absolute Gasteiger partial charge is 0.162 e. The first-order valence-electron chi connectivity index (χ1n) is 5.30. The Labute approximate surface area is 87.7 Å². The van der Waals surface area contributed by atoms with Crippen molar-refractivity contribution >= 4 is 0 Å². The van der Waals surface area contributed by atoms with Crippen molar-refractivity contribution in [1.29, 1.82) is 0 Å². The Morgan fingerprint density at radius 1 is 1.07 bits per heavy atom. The van der Waals surface area contributed by atoms with Gasteiger partial charge >= 0.3 is 0 Å². The Hall–Kier alpha value is -0.960. The molecule has 0 spiro atoms. The Morgan fingerprint density at radius 2 is 1.73 bits per heavy atom. The molecule has 1 nitrogen and oxygen atoms in total. The van der Waals surface area contributed by atoms with Gasteiger partial charge < -0.3 is 5.11 Å². The number of aliphatic hydroxyl groups is 1. The van der Waals surface area contributed by atoms with Crippen molar-refractivity contribution in [2.24, 2.45) is 0 Å². The summed E-state index contributed by atoms with van der Waals surface area (Å²) in [5, 5.41) is 9.33. The van der Waals surface area contributed by atoms with Crippen molar-refractivity contribution in [2.75, 3.05) is 0 Å². The summed E-state index contributed by atoms with van der Waals surface area (Å²) < 4.78 is 26.4. The topological polar surface area (TPSA) is 20.2 Å². The molecule has 0 atom stereocenters. The molecule has 0 aromatic heterocycles. The zero-order valence-electron chi connectivity index (χ0n) is 8.42. The molecule has 0 unspecified atom stereocenters. The second-order valence-corrected chi connectivity index (χ2v) is 4.15. The summed E-state index contributed by atoms with van der Waals surface area (Å²) in [6, 6.07) is 4.32. The number of aliphatic hydroxyl groups excluding tert-OH is 1. The van der Waals surface area contributed by atoms with E-state index in [-0.39, 0.29) is 12.0 Å². The van der Waals surface area contributed by atoms with Crippen LogP contribution in [0.3, 0.4) is 0 Å². The average molecular weight is 212 g/mol. The van der Waals surface area contributed by atoms with Gasteiger partial charge in [0.1, 0.15) is 0 Å². The molecule has 0 amide bonds. The summed E-state index contributed by atoms with van der Waals surface area (Å²) in [5.41, 5.74) is 0.460. The maximum absolute atomic E-state index is 13.4. The van der Waals surface area contributed by atoms with E-state index in [9.17, 15) is 13.9 Å². The highest BCUT2D eigenvalue weighted by atomic mass is 19.2. The van der Waals surface area contributed by atoms with E-state index in [4.69, 9.17) is 0 Å². The minimum absolute atomic E-state index is 0.0594. The third-order valence-electron chi connectivity index (χ3n) is 3.12. The van der Waals surface area contributed by atoms with Gasteiger partial charge in [0.2, 0.25) is 0 Å². The monoisotopic (exact) mass is 212 g/mol. The maximum atomic E-state index is 13.4. The van der Waals surface area contributed by atoms with Crippen LogP contribution in [-0.2, 0) is 0 Å². The van der Waals surface area contributed by atoms with Crippen LogP contribution in [0.1, 0.15) is 37.2 Å². The third-order valence-corrected chi connectivity index (χ3v) is 3.12. The van der Waals surface area contributed by atoms with Crippen LogP contribution in [0, 0.1) is 11.6 Å². The molecule has 0 saturated heterocycles. The van der Waals surface area contributed by atoms with Crippen LogP contribution in [0.15, 0.2) is 18.2 Å². The molecule has 1 saturated carbocycles. The van der Waals surface area contributed by atoms with E-state index < -0.39 is 11.6 Å². The first kappa shape index (κ1) is 10.6. The molecule has 0 heterocycles. The summed E-state index contributed by atoms with van der Waals surface area (Å²) in [5.74, 6) is -1.44. The van der Waals surface area contributed by atoms with Gasteiger partial charge in [0.15, 0.2) is 11.6 Å². The number of rotatable bonds is 1. The van der Waals surface area contributed by atoms with Crippen molar-refractivity contribution in [1.82, 2.24) is 0 Å². The van der Waals surface area contributed by atoms with E-state index in [1.54, 1.807) is 12.1 Å². The lowest BCUT2D eigenvalue weighted by atomic mass is 9.82. The molecule has 1 fully saturated rings. The van der Waals surface area contributed by atoms with Gasteiger partial charge in [-0.15, -0.1) is 0 Å². The predicted octanol–water partition coefficient (Wildman–Crippen LogP) is 2.98. The Kier molecular flexibility index (Phi) is 3.00. The van der Waals surface area contributed by atoms with Crippen molar-refractivity contribution in [2.45, 2.75) is 37.7 Å². The molecular formula is C12H14F2O. The maximum Gasteiger partial charge on any atom is 0.162 e. The van der Waals surface area contributed by atoms with E-state index in [0.29, 0.717) is 18.4 Å². The zero-order chi connectivity index (χ0) is 10.8. The molecule has 0 bridgehead atoms. The molecule has 3 heteroatoms. The summed E-state index contributed by atoms with van der Waals surface area (Å²) >= 11 is 0. The van der Waals surface area contributed by atoms with Crippen LogP contribution in [0.2, 0.25) is 0 Å². The normalized spacial score (nSPS) is 26.6. The summed E-state index contributed by atoms with van der Waals surface area (Å²) in [6.45, 7) is 0. The van der Waals surface area contributed by atoms with Crippen LogP contribution >= 0.6 is 0 Å². The molecule has 0 aliphatic heterocycles. The minimum atomic E-state index is -0.779. The Balaban J connectivity index is 2.19. The third kappa shape index (κ3) is 2.17. The van der Waals surface area contributed by atoms with Crippen LogP contribution in [0.5, 0.6) is 0 Å². The van der Waals surface area contributed by atoms with Crippen LogP contribution in [0.4, 0.5) is 8.78 Å². The van der Waals surface area contributed by atoms with E-state index in [2.05, 4.69) is 0 Å². The molecule has 1 aromatic rings. The Morgan fingerprint density at radius 3 is 2.40 bits per heavy atom. The highest BCUT2D eigenvalue weighted by Crippen LogP contribution is 2.34. The SMILES string of the molecule is O[C@H]1CC[C@H](c2cccc(F)c2F)CC1. The summed E-state index contributed by atoms with van der Waals surface area (Å²) in [4.78, 5) is 0. The van der Waals surface area contributed by atoms with Crippen LogP contribution in [-0.4, -0.2) is 11.2 Å². The first-order valence-corrected chi connectivity index (χ1v) is 5.30. The molecule has 1 N–H and O–H groups in total. The molecule has 1 aromatic carbocycles. The summed E-state index contributed by atoms with van der Waals surface area (Å²) in [6.07, 6.45) is 2.57. The van der Waals surface area contributed by atoms with Gasteiger partial charge in [-0.1, -0.05) is 12.1 Å². The van der Waals surface area contributed by atoms with Gasteiger partial charge in [0, 0.05) is 0 Å². The number of benzene rings is 1. The van der Waals surface area contributed by atoms with Crippen molar-refractivity contribution in [3.8, 4) is 0 Å². The van der Waals surface area contributed by atoms with E-state index in [0.717, 1.165) is 18.9 Å². The molecular weight excluding hydrogens is 198 g/mol. The zero-order valence-corrected chi connectivity index (χ0v) is 8.42. The van der Waals surface area contributed by atoms with Crippen molar-refractivity contribution in [3.05, 3.63) is 35.4 Å². The quantitative estimate of drug-likeness (QED) is 0.758. The second-order valence-electron chi connectivity index (χ2n) is 4.15. The lowest BCUT2D eigenvalue weighted by Crippen LogP contribution is -2.17. The standard InChI is InChI=1S/C12H14F2O/c13-11-3-1-2-10(12(11)14)8-4-6-9(15)7-5-8/h1-3,8-9,15H,4-7H2/t8-,9-. The van der Waals surface area contributed by atoms with Crippen LogP contribution in [0.25, 0.3) is 0 Å². The fourth-order valence-corrected chi connectivity index (χ4v) is 2.22. The van der Waals surface area contributed by atoms with E-state index in [1.165, 1.54) is 0 Å². The Bertz CT molecular complexity index is 343. The largest absolute Gasteiger partial charge is 0.393 e. The van der Waals surface area contributed by atoms with Crippen molar-refractivity contribution in [3.63, 3.8) is 0 Å². The van der Waals surface area contributed by atoms with Gasteiger partial charge in [-0.25, -0.2) is 8.78 Å². The average Bonchev–Trinajstić information content (AvgIpc) is 2.24. The first-order chi connectivity index (χ1) is 7.18. The van der Waals surface area contributed by atoms with Gasteiger partial charge in [-0.05, 0) is 43.2 Å². The lowest BCUT2D eigenvalue weighted by Gasteiger charge is -2.25. The fraction of sp³-hybridized carbons (Fsp3) is 0.500. The van der Waals surface area contributed by atoms with Crippen molar-refractivity contribution < 1.29 is 13.9 Å².